The maximum Gasteiger partial charge on any atom is 0.326 e. The number of rotatable bonds is 5. The number of carboxylic acids is 1. The third-order valence-electron chi connectivity index (χ3n) is 3.82. The molecular weight excluding hydrogens is 262 g/mol. The first-order valence-electron chi connectivity index (χ1n) is 6.80. The van der Waals surface area contributed by atoms with E-state index in [2.05, 4.69) is 24.5 Å². The summed E-state index contributed by atoms with van der Waals surface area (Å²) in [6, 6.07) is -1.86. The summed E-state index contributed by atoms with van der Waals surface area (Å²) in [6.45, 7) is 4.16. The van der Waals surface area contributed by atoms with Crippen LogP contribution < -0.4 is 16.4 Å². The van der Waals surface area contributed by atoms with Crippen molar-refractivity contribution in [2.75, 3.05) is 0 Å². The van der Waals surface area contributed by atoms with Crippen molar-refractivity contribution in [1.82, 2.24) is 10.6 Å². The summed E-state index contributed by atoms with van der Waals surface area (Å²) >= 11 is 0. The first-order chi connectivity index (χ1) is 9.22. The number of amides is 3. The molecule has 2 atom stereocenters. The smallest absolute Gasteiger partial charge is 0.326 e. The number of primary amides is 1. The fourth-order valence-electron chi connectivity index (χ4n) is 2.52. The molecule has 0 radical (unpaired) electrons. The molecule has 0 aliphatic heterocycles. The van der Waals surface area contributed by atoms with E-state index < -0.39 is 30.4 Å². The van der Waals surface area contributed by atoms with Crippen LogP contribution in [-0.4, -0.2) is 35.1 Å². The van der Waals surface area contributed by atoms with E-state index >= 15 is 0 Å². The highest BCUT2D eigenvalue weighted by Crippen LogP contribution is 2.35. The molecule has 0 aromatic rings. The zero-order valence-electron chi connectivity index (χ0n) is 11.9. The van der Waals surface area contributed by atoms with Crippen molar-refractivity contribution < 1.29 is 19.5 Å². The number of carbonyl (C=O) groups is 3. The summed E-state index contributed by atoms with van der Waals surface area (Å²) in [5.41, 5.74) is 4.94. The number of nitrogens with two attached hydrogens (primary N) is 1. The van der Waals surface area contributed by atoms with E-state index in [4.69, 9.17) is 10.8 Å². The number of urea groups is 1. The Morgan fingerprint density at radius 3 is 2.50 bits per heavy atom. The number of hydrogen-bond donors (Lipinski definition) is 4. The molecule has 0 bridgehead atoms. The Balaban J connectivity index is 2.56. The Morgan fingerprint density at radius 2 is 2.00 bits per heavy atom. The van der Waals surface area contributed by atoms with Gasteiger partial charge in [0.05, 0.1) is 6.42 Å². The number of aliphatic carboxylic acids is 1. The van der Waals surface area contributed by atoms with Crippen LogP contribution in [0.4, 0.5) is 4.79 Å². The quantitative estimate of drug-likeness (QED) is 0.590. The number of hydrogen-bond acceptors (Lipinski definition) is 3. The summed E-state index contributed by atoms with van der Waals surface area (Å²) in [6.07, 6.45) is 3.64. The molecule has 5 N–H and O–H groups in total. The van der Waals surface area contributed by atoms with Crippen molar-refractivity contribution >= 4 is 17.9 Å². The summed E-state index contributed by atoms with van der Waals surface area (Å²) < 4.78 is 0. The maximum atomic E-state index is 11.9. The summed E-state index contributed by atoms with van der Waals surface area (Å²) in [5, 5.41) is 14.0. The second-order valence-electron chi connectivity index (χ2n) is 5.97. The number of nitrogens with one attached hydrogen (secondary N) is 2. The summed E-state index contributed by atoms with van der Waals surface area (Å²) in [4.78, 5) is 33.6. The molecule has 114 valence electrons. The summed E-state index contributed by atoms with van der Waals surface area (Å²) in [5.74, 6) is -2.04. The van der Waals surface area contributed by atoms with E-state index in [1.54, 1.807) is 0 Å². The topological polar surface area (TPSA) is 122 Å². The van der Waals surface area contributed by atoms with Gasteiger partial charge in [-0.05, 0) is 18.3 Å². The molecule has 1 fully saturated rings. The van der Waals surface area contributed by atoms with Gasteiger partial charge in [0.15, 0.2) is 0 Å². The van der Waals surface area contributed by atoms with Gasteiger partial charge >= 0.3 is 12.0 Å². The van der Waals surface area contributed by atoms with Crippen LogP contribution in [0.25, 0.3) is 0 Å². The molecule has 0 saturated heterocycles. The Hall–Kier alpha value is -1.79. The maximum absolute atomic E-state index is 11.9. The monoisotopic (exact) mass is 285 g/mol. The van der Waals surface area contributed by atoms with Crippen molar-refractivity contribution in [3.63, 3.8) is 0 Å². The molecule has 0 aromatic heterocycles. The largest absolute Gasteiger partial charge is 0.480 e. The lowest BCUT2D eigenvalue weighted by Gasteiger charge is -2.39. The molecule has 20 heavy (non-hydrogen) atoms. The van der Waals surface area contributed by atoms with E-state index in [1.807, 2.05) is 0 Å². The lowest BCUT2D eigenvalue weighted by molar-refractivity contribution is -0.140. The zero-order valence-corrected chi connectivity index (χ0v) is 11.9. The van der Waals surface area contributed by atoms with Gasteiger partial charge in [-0.15, -0.1) is 0 Å². The second-order valence-corrected chi connectivity index (χ2v) is 5.97. The predicted molar refractivity (Wildman–Crippen MR) is 72.9 cm³/mol. The molecule has 0 spiro atoms. The molecule has 0 aromatic carbocycles. The molecule has 7 heteroatoms. The van der Waals surface area contributed by atoms with Gasteiger partial charge in [0.2, 0.25) is 5.91 Å². The van der Waals surface area contributed by atoms with Crippen LogP contribution in [-0.2, 0) is 9.59 Å². The highest BCUT2D eigenvalue weighted by atomic mass is 16.4. The Morgan fingerprint density at radius 1 is 1.35 bits per heavy atom. The van der Waals surface area contributed by atoms with Crippen molar-refractivity contribution in [3.05, 3.63) is 0 Å². The highest BCUT2D eigenvalue weighted by molar-refractivity contribution is 5.87. The molecule has 3 amide bonds. The van der Waals surface area contributed by atoms with E-state index in [0.717, 1.165) is 25.7 Å². The normalized spacial score (nSPS) is 22.6. The first kappa shape index (κ1) is 16.3. The second kappa shape index (κ2) is 6.58. The minimum atomic E-state index is -1.29. The molecule has 1 saturated carbocycles. The van der Waals surface area contributed by atoms with Gasteiger partial charge in [-0.3, -0.25) is 4.79 Å². The van der Waals surface area contributed by atoms with E-state index in [-0.39, 0.29) is 11.5 Å². The van der Waals surface area contributed by atoms with Gasteiger partial charge < -0.3 is 21.5 Å². The predicted octanol–water partition coefficient (Wildman–Crippen LogP) is 0.583. The fourth-order valence-corrected chi connectivity index (χ4v) is 2.52. The van der Waals surface area contributed by atoms with Crippen LogP contribution in [0.1, 0.15) is 46.0 Å². The Bertz CT molecular complexity index is 395. The third-order valence-corrected chi connectivity index (χ3v) is 3.82. The minimum absolute atomic E-state index is 0.000673. The third kappa shape index (κ3) is 4.71. The Kier molecular flexibility index (Phi) is 5.35. The van der Waals surface area contributed by atoms with E-state index in [1.165, 1.54) is 0 Å². The number of carbonyl (C=O) groups excluding carboxylic acids is 2. The van der Waals surface area contributed by atoms with Crippen LogP contribution in [0.2, 0.25) is 0 Å². The van der Waals surface area contributed by atoms with Crippen molar-refractivity contribution in [2.45, 2.75) is 58.0 Å². The lowest BCUT2D eigenvalue weighted by atomic mass is 9.73. The minimum Gasteiger partial charge on any atom is -0.480 e. The molecule has 1 unspecified atom stereocenters. The van der Waals surface area contributed by atoms with Gasteiger partial charge in [0.1, 0.15) is 6.04 Å². The van der Waals surface area contributed by atoms with Crippen LogP contribution >= 0.6 is 0 Å². The fraction of sp³-hybridized carbons (Fsp3) is 0.769. The van der Waals surface area contributed by atoms with Crippen LogP contribution in [0.5, 0.6) is 0 Å². The van der Waals surface area contributed by atoms with Gasteiger partial charge in [0, 0.05) is 6.04 Å². The molecule has 1 aliphatic rings. The molecular formula is C13H23N3O4. The number of carboxylic acid groups (broad SMARTS) is 1. The standard InChI is InChI=1S/C13H23N3O4/c1-13(2)6-4-3-5-9(13)16-12(20)15-8(11(18)19)7-10(14)17/h8-9H,3-7H2,1-2H3,(H2,14,17)(H,18,19)(H2,15,16,20)/t8-,9?/m0/s1. The van der Waals surface area contributed by atoms with Gasteiger partial charge in [-0.1, -0.05) is 26.7 Å². The van der Waals surface area contributed by atoms with Crippen LogP contribution in [0.3, 0.4) is 0 Å². The molecule has 0 heterocycles. The SMILES string of the molecule is CC1(C)CCCCC1NC(=O)N[C@@H](CC(N)=O)C(=O)O. The van der Waals surface area contributed by atoms with Gasteiger partial charge in [-0.25, -0.2) is 9.59 Å². The van der Waals surface area contributed by atoms with Crippen molar-refractivity contribution in [3.8, 4) is 0 Å². The zero-order chi connectivity index (χ0) is 15.3. The van der Waals surface area contributed by atoms with E-state index in [9.17, 15) is 14.4 Å². The summed E-state index contributed by atoms with van der Waals surface area (Å²) in [7, 11) is 0. The van der Waals surface area contributed by atoms with Crippen LogP contribution in [0.15, 0.2) is 0 Å². The average Bonchev–Trinajstić information content (AvgIpc) is 2.30. The first-order valence-corrected chi connectivity index (χ1v) is 6.80. The highest BCUT2D eigenvalue weighted by Gasteiger charge is 2.34. The van der Waals surface area contributed by atoms with Crippen LogP contribution in [0, 0.1) is 5.41 Å². The lowest BCUT2D eigenvalue weighted by Crippen LogP contribution is -2.54. The molecule has 1 rings (SSSR count). The van der Waals surface area contributed by atoms with Crippen molar-refractivity contribution in [2.24, 2.45) is 11.1 Å². The van der Waals surface area contributed by atoms with E-state index in [0.29, 0.717) is 0 Å². The van der Waals surface area contributed by atoms with Gasteiger partial charge in [0.25, 0.3) is 0 Å². The Labute approximate surface area is 118 Å². The molecule has 1 aliphatic carbocycles. The average molecular weight is 285 g/mol. The molecule has 7 nitrogen and oxygen atoms in total. The van der Waals surface area contributed by atoms with Gasteiger partial charge in [-0.2, -0.15) is 0 Å². The van der Waals surface area contributed by atoms with Crippen molar-refractivity contribution in [1.29, 1.82) is 0 Å².